The van der Waals surface area contributed by atoms with Crippen molar-refractivity contribution in [1.29, 1.82) is 0 Å². The first-order chi connectivity index (χ1) is 17.8. The second kappa shape index (κ2) is 9.21. The Labute approximate surface area is 212 Å². The van der Waals surface area contributed by atoms with Crippen LogP contribution in [-0.4, -0.2) is 57.0 Å². The molecule has 0 spiro atoms. The highest BCUT2D eigenvalue weighted by atomic mass is 15.3. The topological polar surface area (TPSA) is 52.8 Å². The Morgan fingerprint density at radius 2 is 1.69 bits per heavy atom. The maximum absolute atomic E-state index is 5.07. The van der Waals surface area contributed by atoms with Gasteiger partial charge >= 0.3 is 0 Å². The average molecular weight is 480 g/mol. The summed E-state index contributed by atoms with van der Waals surface area (Å²) in [7, 11) is 0. The lowest BCUT2D eigenvalue weighted by Gasteiger charge is -2.44. The average Bonchev–Trinajstić information content (AvgIpc) is 3.36. The van der Waals surface area contributed by atoms with Crippen LogP contribution < -0.4 is 9.80 Å². The van der Waals surface area contributed by atoms with Gasteiger partial charge in [0.1, 0.15) is 17.3 Å². The lowest BCUT2D eigenvalue weighted by molar-refractivity contribution is 0.0687. The van der Waals surface area contributed by atoms with Gasteiger partial charge < -0.3 is 9.80 Å². The molecule has 2 aliphatic heterocycles. The normalized spacial score (nSPS) is 22.4. The molecule has 7 rings (SSSR count). The van der Waals surface area contributed by atoms with E-state index in [-0.39, 0.29) is 0 Å². The van der Waals surface area contributed by atoms with Crippen molar-refractivity contribution >= 4 is 17.3 Å². The zero-order chi connectivity index (χ0) is 23.9. The standard InChI is InChI=1S/C29H33N7/c1-2-13-30-25(8-1)33-16-18-34(19-17-33)27-10-3-9-26-32-24(21-36(26)27)20-35-15-5-7-23-12-11-22-6-4-14-31-28(22)29(23)35/h1-4,6,8-10,13-14,21,23,29H,5,7,11-12,15-20H2/t23-,29-/m0/s1. The van der Waals surface area contributed by atoms with Crippen LogP contribution in [0.3, 0.4) is 0 Å². The Hall–Kier alpha value is -3.45. The largest absolute Gasteiger partial charge is 0.354 e. The van der Waals surface area contributed by atoms with Crippen LogP contribution in [0.1, 0.15) is 42.3 Å². The van der Waals surface area contributed by atoms with Gasteiger partial charge in [0.05, 0.1) is 17.4 Å². The number of aryl methyl sites for hydroxylation is 1. The summed E-state index contributed by atoms with van der Waals surface area (Å²) in [6, 6.07) is 17.4. The summed E-state index contributed by atoms with van der Waals surface area (Å²) in [4.78, 5) is 22.0. The van der Waals surface area contributed by atoms with Crippen LogP contribution in [0.2, 0.25) is 0 Å². The van der Waals surface area contributed by atoms with Gasteiger partial charge in [-0.25, -0.2) is 9.97 Å². The van der Waals surface area contributed by atoms with E-state index in [0.717, 1.165) is 56.4 Å². The second-order valence-electron chi connectivity index (χ2n) is 10.4. The first-order valence-corrected chi connectivity index (χ1v) is 13.4. The molecular formula is C29H33N7. The molecule has 0 unspecified atom stereocenters. The van der Waals surface area contributed by atoms with Gasteiger partial charge in [-0.2, -0.15) is 0 Å². The number of pyridine rings is 3. The van der Waals surface area contributed by atoms with E-state index < -0.39 is 0 Å². The molecule has 0 amide bonds. The van der Waals surface area contributed by atoms with Gasteiger partial charge in [-0.1, -0.05) is 18.2 Å². The lowest BCUT2D eigenvalue weighted by Crippen LogP contribution is -2.47. The van der Waals surface area contributed by atoms with Crippen molar-refractivity contribution in [2.24, 2.45) is 5.92 Å². The predicted octanol–water partition coefficient (Wildman–Crippen LogP) is 4.35. The number of aromatic nitrogens is 4. The number of piperazine rings is 1. The summed E-state index contributed by atoms with van der Waals surface area (Å²) in [6.45, 7) is 5.89. The van der Waals surface area contributed by atoms with Crippen molar-refractivity contribution in [2.75, 3.05) is 42.5 Å². The maximum atomic E-state index is 5.07. The highest BCUT2D eigenvalue weighted by Crippen LogP contribution is 2.43. The molecule has 0 saturated carbocycles. The summed E-state index contributed by atoms with van der Waals surface area (Å²) >= 11 is 0. The summed E-state index contributed by atoms with van der Waals surface area (Å²) in [5.41, 5.74) is 4.93. The van der Waals surface area contributed by atoms with Gasteiger partial charge in [-0.05, 0) is 74.0 Å². The number of piperidine rings is 1. The summed E-state index contributed by atoms with van der Waals surface area (Å²) in [5, 5.41) is 0. The molecule has 4 aromatic rings. The van der Waals surface area contributed by atoms with Crippen LogP contribution in [0.25, 0.3) is 5.65 Å². The Morgan fingerprint density at radius 1 is 0.806 bits per heavy atom. The molecule has 2 fully saturated rings. The maximum Gasteiger partial charge on any atom is 0.138 e. The fourth-order valence-electron chi connectivity index (χ4n) is 6.59. The highest BCUT2D eigenvalue weighted by molar-refractivity contribution is 5.54. The van der Waals surface area contributed by atoms with Crippen LogP contribution in [-0.2, 0) is 13.0 Å². The first kappa shape index (κ1) is 21.8. The molecule has 7 nitrogen and oxygen atoms in total. The Bertz CT molecular complexity index is 1340. The van der Waals surface area contributed by atoms with Crippen molar-refractivity contribution in [3.63, 3.8) is 0 Å². The van der Waals surface area contributed by atoms with Gasteiger partial charge in [0, 0.05) is 51.3 Å². The third kappa shape index (κ3) is 3.91. The number of fused-ring (bicyclic) bond motifs is 4. The highest BCUT2D eigenvalue weighted by Gasteiger charge is 2.37. The number of hydrogen-bond donors (Lipinski definition) is 0. The molecule has 2 saturated heterocycles. The molecule has 4 aromatic heterocycles. The van der Waals surface area contributed by atoms with Crippen molar-refractivity contribution in [3.05, 3.63) is 84.1 Å². The quantitative estimate of drug-likeness (QED) is 0.434. The van der Waals surface area contributed by atoms with Crippen LogP contribution in [0.5, 0.6) is 0 Å². The Morgan fingerprint density at radius 3 is 2.58 bits per heavy atom. The van der Waals surface area contributed by atoms with E-state index >= 15 is 0 Å². The molecule has 7 heteroatoms. The molecule has 36 heavy (non-hydrogen) atoms. The summed E-state index contributed by atoms with van der Waals surface area (Å²) in [6.07, 6.45) is 11.1. The molecule has 0 aromatic carbocycles. The number of rotatable bonds is 4. The molecule has 0 N–H and O–H groups in total. The molecule has 0 radical (unpaired) electrons. The molecule has 184 valence electrons. The third-order valence-corrected chi connectivity index (χ3v) is 8.31. The van der Waals surface area contributed by atoms with Crippen LogP contribution in [0.4, 0.5) is 11.6 Å². The van der Waals surface area contributed by atoms with Gasteiger partial charge in [-0.3, -0.25) is 14.3 Å². The van der Waals surface area contributed by atoms with E-state index in [4.69, 9.17) is 9.97 Å². The van der Waals surface area contributed by atoms with Gasteiger partial charge in [0.2, 0.25) is 0 Å². The van der Waals surface area contributed by atoms with Gasteiger partial charge in [0.25, 0.3) is 0 Å². The van der Waals surface area contributed by atoms with E-state index in [1.165, 1.54) is 42.8 Å². The molecular weight excluding hydrogens is 446 g/mol. The van der Waals surface area contributed by atoms with Crippen LogP contribution >= 0.6 is 0 Å². The number of hydrogen-bond acceptors (Lipinski definition) is 6. The molecule has 6 heterocycles. The fourth-order valence-corrected chi connectivity index (χ4v) is 6.59. The minimum atomic E-state index is 0.424. The third-order valence-electron chi connectivity index (χ3n) is 8.31. The molecule has 2 atom stereocenters. The van der Waals surface area contributed by atoms with E-state index in [2.05, 4.69) is 72.7 Å². The van der Waals surface area contributed by atoms with Crippen molar-refractivity contribution in [1.82, 2.24) is 24.3 Å². The monoisotopic (exact) mass is 479 g/mol. The van der Waals surface area contributed by atoms with Crippen molar-refractivity contribution in [3.8, 4) is 0 Å². The SMILES string of the molecule is c1ccc(N2CCN(c3cccc4nc(CN5CCC[C@H]6CCc7cccnc7[C@H]65)cn34)CC2)nc1. The first-order valence-electron chi connectivity index (χ1n) is 13.4. The Kier molecular flexibility index (Phi) is 5.58. The number of nitrogens with zero attached hydrogens (tertiary/aromatic N) is 7. The smallest absolute Gasteiger partial charge is 0.138 e. The minimum absolute atomic E-state index is 0.424. The minimum Gasteiger partial charge on any atom is -0.354 e. The van der Waals surface area contributed by atoms with E-state index in [9.17, 15) is 0 Å². The molecule has 0 bridgehead atoms. The van der Waals surface area contributed by atoms with Gasteiger partial charge in [0.15, 0.2) is 0 Å². The van der Waals surface area contributed by atoms with E-state index in [0.29, 0.717) is 12.0 Å². The number of anilines is 2. The lowest BCUT2D eigenvalue weighted by atomic mass is 9.77. The predicted molar refractivity (Wildman–Crippen MR) is 142 cm³/mol. The zero-order valence-corrected chi connectivity index (χ0v) is 20.7. The zero-order valence-electron chi connectivity index (χ0n) is 20.7. The van der Waals surface area contributed by atoms with Crippen molar-refractivity contribution < 1.29 is 0 Å². The Balaban J connectivity index is 1.12. The fraction of sp³-hybridized carbons (Fsp3) is 0.414. The van der Waals surface area contributed by atoms with Crippen LogP contribution in [0, 0.1) is 5.92 Å². The summed E-state index contributed by atoms with van der Waals surface area (Å²) in [5.74, 6) is 3.01. The van der Waals surface area contributed by atoms with Crippen molar-refractivity contribution in [2.45, 2.75) is 38.3 Å². The van der Waals surface area contributed by atoms with E-state index in [1.54, 1.807) is 0 Å². The number of imidazole rings is 1. The van der Waals surface area contributed by atoms with E-state index in [1.807, 2.05) is 18.5 Å². The second-order valence-corrected chi connectivity index (χ2v) is 10.4. The van der Waals surface area contributed by atoms with Gasteiger partial charge in [-0.15, -0.1) is 0 Å². The molecule has 3 aliphatic rings. The summed E-state index contributed by atoms with van der Waals surface area (Å²) < 4.78 is 2.29. The number of likely N-dealkylation sites (tertiary alicyclic amines) is 1. The molecule has 1 aliphatic carbocycles. The van der Waals surface area contributed by atoms with Crippen LogP contribution in [0.15, 0.2) is 67.1 Å².